The summed E-state index contributed by atoms with van der Waals surface area (Å²) in [6.45, 7) is -0.0429. The van der Waals surface area contributed by atoms with Crippen LogP contribution >= 0.6 is 0 Å². The maximum Gasteiger partial charge on any atom is 0.387 e. The molecule has 2 amide bonds. The second kappa shape index (κ2) is 13.2. The SMILES string of the molecule is C[C@H](N)C(=O)NCC(NC(=O)c1nc(-c2ccc(OC(F)F)c(OCC3CC3)c2)oc1[C@H](C)N)c1ccc(F)cc1F. The highest BCUT2D eigenvalue weighted by atomic mass is 19.3. The average Bonchev–Trinajstić information content (AvgIpc) is 3.64. The summed E-state index contributed by atoms with van der Waals surface area (Å²) < 4.78 is 70.2. The Bertz CT molecular complexity index is 1430. The maximum atomic E-state index is 14.7. The molecule has 0 saturated heterocycles. The Hall–Kier alpha value is -4.17. The number of hydrogen-bond acceptors (Lipinski definition) is 8. The number of benzene rings is 2. The Kier molecular flexibility index (Phi) is 9.68. The molecule has 1 unspecified atom stereocenters. The summed E-state index contributed by atoms with van der Waals surface area (Å²) in [6, 6.07) is 4.02. The van der Waals surface area contributed by atoms with Crippen LogP contribution in [0.5, 0.6) is 11.5 Å². The lowest BCUT2D eigenvalue weighted by Crippen LogP contribution is -2.43. The standard InChI is InChI=1S/C28H31F4N5O5/c1-13(33)24-23(26(39)36-20(11-35-25(38)14(2)34)18-7-6-17(29)10-19(18)30)37-27(42-24)16-5-8-21(41-28(31)32)22(9-16)40-12-15-3-4-15/h5-10,13-15,20,28H,3-4,11-12,33-34H2,1-2H3,(H,35,38)(H,36,39)/t13-,14-,20?/m0/s1. The van der Waals surface area contributed by atoms with Crippen LogP contribution in [0.2, 0.25) is 0 Å². The van der Waals surface area contributed by atoms with Gasteiger partial charge in [0.25, 0.3) is 5.91 Å². The van der Waals surface area contributed by atoms with Gasteiger partial charge in [0.1, 0.15) is 11.6 Å². The van der Waals surface area contributed by atoms with Crippen LogP contribution < -0.4 is 31.6 Å². The smallest absolute Gasteiger partial charge is 0.387 e. The summed E-state index contributed by atoms with van der Waals surface area (Å²) in [5.41, 5.74) is 11.6. The number of rotatable bonds is 13. The van der Waals surface area contributed by atoms with Crippen molar-refractivity contribution in [2.45, 2.75) is 51.4 Å². The molecule has 4 rings (SSSR count). The fraction of sp³-hybridized carbons (Fsp3) is 0.393. The molecule has 1 aromatic heterocycles. The van der Waals surface area contributed by atoms with Gasteiger partial charge in [-0.2, -0.15) is 8.78 Å². The van der Waals surface area contributed by atoms with E-state index in [-0.39, 0.29) is 46.5 Å². The van der Waals surface area contributed by atoms with Gasteiger partial charge in [0, 0.05) is 23.7 Å². The van der Waals surface area contributed by atoms with Gasteiger partial charge in [0.05, 0.1) is 24.7 Å². The van der Waals surface area contributed by atoms with Gasteiger partial charge < -0.3 is 36.0 Å². The third kappa shape index (κ3) is 7.76. The summed E-state index contributed by atoms with van der Waals surface area (Å²) in [4.78, 5) is 29.8. The predicted octanol–water partition coefficient (Wildman–Crippen LogP) is 3.96. The number of amides is 2. The highest BCUT2D eigenvalue weighted by Gasteiger charge is 2.28. The first kappa shape index (κ1) is 30.8. The topological polar surface area (TPSA) is 155 Å². The summed E-state index contributed by atoms with van der Waals surface area (Å²) >= 11 is 0. The predicted molar refractivity (Wildman–Crippen MR) is 143 cm³/mol. The van der Waals surface area contributed by atoms with Gasteiger partial charge in [-0.1, -0.05) is 6.07 Å². The number of nitrogens with zero attached hydrogens (tertiary/aromatic N) is 1. The summed E-state index contributed by atoms with van der Waals surface area (Å²) in [5, 5.41) is 5.09. The minimum absolute atomic E-state index is 0.0196. The van der Waals surface area contributed by atoms with E-state index in [1.807, 2.05) is 0 Å². The van der Waals surface area contributed by atoms with E-state index in [1.54, 1.807) is 6.92 Å². The number of aromatic nitrogens is 1. The van der Waals surface area contributed by atoms with Crippen LogP contribution in [0.4, 0.5) is 17.6 Å². The molecule has 1 aliphatic rings. The number of carbonyl (C=O) groups is 2. The minimum atomic E-state index is -3.07. The lowest BCUT2D eigenvalue weighted by Gasteiger charge is -2.21. The number of alkyl halides is 2. The molecular weight excluding hydrogens is 562 g/mol. The van der Waals surface area contributed by atoms with E-state index in [0.717, 1.165) is 25.0 Å². The van der Waals surface area contributed by atoms with Crippen LogP contribution in [-0.2, 0) is 4.79 Å². The van der Waals surface area contributed by atoms with Gasteiger partial charge in [-0.05, 0) is 56.9 Å². The molecule has 42 heavy (non-hydrogen) atoms. The number of oxazole rings is 1. The van der Waals surface area contributed by atoms with Crippen LogP contribution in [0.15, 0.2) is 40.8 Å². The van der Waals surface area contributed by atoms with Crippen molar-refractivity contribution in [2.24, 2.45) is 17.4 Å². The zero-order valence-corrected chi connectivity index (χ0v) is 22.8. The fourth-order valence-electron chi connectivity index (χ4n) is 3.98. The van der Waals surface area contributed by atoms with Crippen molar-refractivity contribution >= 4 is 11.8 Å². The Morgan fingerprint density at radius 2 is 1.83 bits per heavy atom. The molecule has 3 aromatic rings. The van der Waals surface area contributed by atoms with Crippen LogP contribution in [0.3, 0.4) is 0 Å². The van der Waals surface area contributed by atoms with Crippen LogP contribution in [0, 0.1) is 17.6 Å². The molecule has 3 atom stereocenters. The summed E-state index contributed by atoms with van der Waals surface area (Å²) in [6.07, 6.45) is 1.94. The number of ether oxygens (including phenoxy) is 2. The van der Waals surface area contributed by atoms with Crippen LogP contribution in [0.25, 0.3) is 11.5 Å². The summed E-state index contributed by atoms with van der Waals surface area (Å²) in [7, 11) is 0. The Labute approximate surface area is 238 Å². The molecule has 0 aliphatic heterocycles. The lowest BCUT2D eigenvalue weighted by atomic mass is 10.0. The van der Waals surface area contributed by atoms with E-state index < -0.39 is 48.2 Å². The largest absolute Gasteiger partial charge is 0.489 e. The molecule has 1 saturated carbocycles. The van der Waals surface area contributed by atoms with Gasteiger partial charge >= 0.3 is 6.61 Å². The molecule has 1 fully saturated rings. The van der Waals surface area contributed by atoms with Crippen molar-refractivity contribution in [2.75, 3.05) is 13.2 Å². The first-order chi connectivity index (χ1) is 19.9. The molecule has 2 aromatic carbocycles. The van der Waals surface area contributed by atoms with Gasteiger partial charge in [0.15, 0.2) is 23.0 Å². The van der Waals surface area contributed by atoms with Crippen molar-refractivity contribution in [3.8, 4) is 23.0 Å². The Morgan fingerprint density at radius 3 is 2.45 bits per heavy atom. The third-order valence-corrected chi connectivity index (χ3v) is 6.40. The molecule has 0 radical (unpaired) electrons. The van der Waals surface area contributed by atoms with E-state index in [1.165, 1.54) is 25.1 Å². The van der Waals surface area contributed by atoms with Gasteiger partial charge in [-0.25, -0.2) is 13.8 Å². The van der Waals surface area contributed by atoms with E-state index in [4.69, 9.17) is 20.6 Å². The van der Waals surface area contributed by atoms with Gasteiger partial charge in [-0.3, -0.25) is 9.59 Å². The summed E-state index contributed by atoms with van der Waals surface area (Å²) in [5.74, 6) is -3.06. The Morgan fingerprint density at radius 1 is 1.10 bits per heavy atom. The van der Waals surface area contributed by atoms with E-state index in [2.05, 4.69) is 20.4 Å². The second-order valence-corrected chi connectivity index (χ2v) is 10.0. The van der Waals surface area contributed by atoms with Gasteiger partial charge in [-0.15, -0.1) is 0 Å². The highest BCUT2D eigenvalue weighted by molar-refractivity contribution is 5.94. The molecule has 1 heterocycles. The van der Waals surface area contributed by atoms with E-state index in [0.29, 0.717) is 18.6 Å². The average molecular weight is 594 g/mol. The van der Waals surface area contributed by atoms with Crippen LogP contribution in [0.1, 0.15) is 60.6 Å². The normalized spacial score (nSPS) is 15.2. The zero-order valence-electron chi connectivity index (χ0n) is 22.8. The first-order valence-corrected chi connectivity index (χ1v) is 13.2. The molecule has 14 heteroatoms. The first-order valence-electron chi connectivity index (χ1n) is 13.2. The van der Waals surface area contributed by atoms with Crippen molar-refractivity contribution in [3.63, 3.8) is 0 Å². The number of nitrogens with one attached hydrogen (secondary N) is 2. The van der Waals surface area contributed by atoms with E-state index >= 15 is 0 Å². The van der Waals surface area contributed by atoms with Crippen LogP contribution in [-0.4, -0.2) is 42.6 Å². The minimum Gasteiger partial charge on any atom is -0.489 e. The number of carbonyl (C=O) groups excluding carboxylic acids is 2. The van der Waals surface area contributed by atoms with Crippen molar-refractivity contribution in [1.29, 1.82) is 0 Å². The lowest BCUT2D eigenvalue weighted by molar-refractivity contribution is -0.122. The number of hydrogen-bond donors (Lipinski definition) is 4. The molecule has 10 nitrogen and oxygen atoms in total. The molecule has 226 valence electrons. The van der Waals surface area contributed by atoms with Crippen molar-refractivity contribution < 1.29 is 41.0 Å². The van der Waals surface area contributed by atoms with Crippen molar-refractivity contribution in [3.05, 3.63) is 65.1 Å². The number of nitrogens with two attached hydrogens (primary N) is 2. The van der Waals surface area contributed by atoms with Gasteiger partial charge in [0.2, 0.25) is 11.8 Å². The third-order valence-electron chi connectivity index (χ3n) is 6.40. The quantitative estimate of drug-likeness (QED) is 0.217. The highest BCUT2D eigenvalue weighted by Crippen LogP contribution is 2.37. The maximum absolute atomic E-state index is 14.7. The molecule has 6 N–H and O–H groups in total. The molecule has 0 bridgehead atoms. The molecule has 0 spiro atoms. The van der Waals surface area contributed by atoms with Crippen molar-refractivity contribution in [1.82, 2.24) is 15.6 Å². The zero-order chi connectivity index (χ0) is 30.6. The molecular formula is C28H31F4N5O5. The van der Waals surface area contributed by atoms with E-state index in [9.17, 15) is 27.2 Å². The fourth-order valence-corrected chi connectivity index (χ4v) is 3.98. The second-order valence-electron chi connectivity index (χ2n) is 10.0. The molecule has 1 aliphatic carbocycles. The number of halogens is 4. The Balaban J connectivity index is 1.64. The monoisotopic (exact) mass is 593 g/mol.